The molecule has 0 bridgehead atoms. The molecule has 0 fully saturated rings. The fourth-order valence-corrected chi connectivity index (χ4v) is 2.07. The lowest BCUT2D eigenvalue weighted by Gasteiger charge is -2.15. The summed E-state index contributed by atoms with van der Waals surface area (Å²) in [6.45, 7) is 3.46. The highest BCUT2D eigenvalue weighted by Crippen LogP contribution is 2.31. The normalized spacial score (nSPS) is 11.9. The van der Waals surface area contributed by atoms with Gasteiger partial charge < -0.3 is 4.74 Å². The average Bonchev–Trinajstić information content (AvgIpc) is 2.60. The van der Waals surface area contributed by atoms with E-state index in [4.69, 9.17) is 0 Å². The van der Waals surface area contributed by atoms with Gasteiger partial charge in [0, 0.05) is 0 Å². The molecule has 24 heavy (non-hydrogen) atoms. The standard InChI is InChI=1S/C17H11F5O2/c1-2-6-10(9-7-4-3-5-8-9)17(23)24-16-14(21)12(19)11(18)13(20)15(16)22/h2-5,7-8,10H,1,6H2/t10-/m1/s1. The van der Waals surface area contributed by atoms with E-state index >= 15 is 0 Å². The lowest BCUT2D eigenvalue weighted by Crippen LogP contribution is -2.20. The van der Waals surface area contributed by atoms with E-state index in [1.165, 1.54) is 6.08 Å². The molecule has 0 aliphatic carbocycles. The Kier molecular flexibility index (Phi) is 5.33. The zero-order valence-corrected chi connectivity index (χ0v) is 12.2. The van der Waals surface area contributed by atoms with Crippen molar-refractivity contribution in [3.63, 3.8) is 0 Å². The largest absolute Gasteiger partial charge is 0.420 e. The summed E-state index contributed by atoms with van der Waals surface area (Å²) < 4.78 is 71.0. The van der Waals surface area contributed by atoms with Gasteiger partial charge in [-0.15, -0.1) is 6.58 Å². The molecule has 0 N–H and O–H groups in total. The summed E-state index contributed by atoms with van der Waals surface area (Å²) in [6, 6.07) is 8.06. The molecule has 2 aromatic rings. The third-order valence-corrected chi connectivity index (χ3v) is 3.26. The molecule has 0 radical (unpaired) electrons. The Labute approximate surface area is 134 Å². The minimum Gasteiger partial charge on any atom is -0.420 e. The van der Waals surface area contributed by atoms with E-state index in [0.717, 1.165) is 0 Å². The molecular formula is C17H11F5O2. The van der Waals surface area contributed by atoms with Gasteiger partial charge in [-0.25, -0.2) is 13.2 Å². The molecule has 0 amide bonds. The maximum Gasteiger partial charge on any atom is 0.319 e. The summed E-state index contributed by atoms with van der Waals surface area (Å²) in [5, 5.41) is 0. The van der Waals surface area contributed by atoms with Crippen LogP contribution in [0.1, 0.15) is 17.9 Å². The van der Waals surface area contributed by atoms with Gasteiger partial charge in [-0.2, -0.15) is 8.78 Å². The number of rotatable bonds is 5. The second-order valence-electron chi connectivity index (χ2n) is 4.81. The monoisotopic (exact) mass is 342 g/mol. The van der Waals surface area contributed by atoms with E-state index in [9.17, 15) is 26.7 Å². The van der Waals surface area contributed by atoms with Crippen molar-refractivity contribution >= 4 is 5.97 Å². The molecule has 1 atom stereocenters. The fraction of sp³-hybridized carbons (Fsp3) is 0.118. The van der Waals surface area contributed by atoms with Gasteiger partial charge in [0.25, 0.3) is 0 Å². The van der Waals surface area contributed by atoms with Crippen LogP contribution in [0.4, 0.5) is 22.0 Å². The molecule has 0 aliphatic heterocycles. The molecule has 7 heteroatoms. The van der Waals surface area contributed by atoms with Crippen molar-refractivity contribution < 1.29 is 31.5 Å². The molecule has 2 rings (SSSR count). The third kappa shape index (κ3) is 3.29. The molecule has 0 aliphatic rings. The lowest BCUT2D eigenvalue weighted by molar-refractivity contribution is -0.136. The number of hydrogen-bond donors (Lipinski definition) is 0. The molecule has 0 unspecified atom stereocenters. The van der Waals surface area contributed by atoms with Crippen LogP contribution >= 0.6 is 0 Å². The first-order chi connectivity index (χ1) is 11.4. The van der Waals surface area contributed by atoms with Crippen molar-refractivity contribution in [3.8, 4) is 5.75 Å². The SMILES string of the molecule is C=CC[C@@H](C(=O)Oc1c(F)c(F)c(F)c(F)c1F)c1ccccc1. The van der Waals surface area contributed by atoms with E-state index < -0.39 is 46.7 Å². The van der Waals surface area contributed by atoms with Crippen LogP contribution in [0.3, 0.4) is 0 Å². The molecule has 0 saturated heterocycles. The summed E-state index contributed by atoms with van der Waals surface area (Å²) in [6.07, 6.45) is 1.43. The zero-order chi connectivity index (χ0) is 17.9. The van der Waals surface area contributed by atoms with Crippen molar-refractivity contribution in [2.75, 3.05) is 0 Å². The predicted molar refractivity (Wildman–Crippen MR) is 75.9 cm³/mol. The van der Waals surface area contributed by atoms with Crippen molar-refractivity contribution in [1.29, 1.82) is 0 Å². The molecule has 0 saturated carbocycles. The van der Waals surface area contributed by atoms with Crippen LogP contribution in [0.15, 0.2) is 43.0 Å². The van der Waals surface area contributed by atoms with Gasteiger partial charge in [-0.1, -0.05) is 36.4 Å². The fourth-order valence-electron chi connectivity index (χ4n) is 2.07. The van der Waals surface area contributed by atoms with Crippen LogP contribution in [-0.4, -0.2) is 5.97 Å². The average molecular weight is 342 g/mol. The number of carbonyl (C=O) groups is 1. The van der Waals surface area contributed by atoms with Crippen molar-refractivity contribution in [1.82, 2.24) is 0 Å². The molecule has 2 aromatic carbocycles. The molecule has 0 aromatic heterocycles. The maximum absolute atomic E-state index is 13.6. The van der Waals surface area contributed by atoms with Gasteiger partial charge in [-0.05, 0) is 12.0 Å². The Hall–Kier alpha value is -2.70. The van der Waals surface area contributed by atoms with Crippen molar-refractivity contribution in [3.05, 3.63) is 77.6 Å². The minimum atomic E-state index is -2.32. The number of esters is 1. The first-order valence-electron chi connectivity index (χ1n) is 6.77. The smallest absolute Gasteiger partial charge is 0.319 e. The van der Waals surface area contributed by atoms with Crippen LogP contribution in [0, 0.1) is 29.1 Å². The molecule has 0 spiro atoms. The van der Waals surface area contributed by atoms with Crippen LogP contribution in [-0.2, 0) is 4.79 Å². The van der Waals surface area contributed by atoms with Gasteiger partial charge in [0.15, 0.2) is 0 Å². The van der Waals surface area contributed by atoms with E-state index in [1.54, 1.807) is 30.3 Å². The number of ether oxygens (including phenoxy) is 1. The van der Waals surface area contributed by atoms with E-state index in [2.05, 4.69) is 11.3 Å². The van der Waals surface area contributed by atoms with Crippen LogP contribution < -0.4 is 4.74 Å². The topological polar surface area (TPSA) is 26.3 Å². The highest BCUT2D eigenvalue weighted by molar-refractivity contribution is 5.80. The number of carbonyl (C=O) groups excluding carboxylic acids is 1. The Bertz CT molecular complexity index is 745. The van der Waals surface area contributed by atoms with Crippen molar-refractivity contribution in [2.24, 2.45) is 0 Å². The Balaban J connectivity index is 2.39. The minimum absolute atomic E-state index is 0.0538. The third-order valence-electron chi connectivity index (χ3n) is 3.26. The highest BCUT2D eigenvalue weighted by Gasteiger charge is 2.30. The van der Waals surface area contributed by atoms with Crippen LogP contribution in [0.5, 0.6) is 5.75 Å². The predicted octanol–water partition coefficient (Wildman–Crippen LogP) is 4.65. The summed E-state index contributed by atoms with van der Waals surface area (Å²) in [4.78, 5) is 12.2. The first kappa shape index (κ1) is 17.7. The lowest BCUT2D eigenvalue weighted by atomic mass is 9.96. The van der Waals surface area contributed by atoms with Crippen LogP contribution in [0.2, 0.25) is 0 Å². The van der Waals surface area contributed by atoms with Gasteiger partial charge in [0.1, 0.15) is 0 Å². The highest BCUT2D eigenvalue weighted by atomic mass is 19.2. The van der Waals surface area contributed by atoms with Gasteiger partial charge in [0.05, 0.1) is 5.92 Å². The molecular weight excluding hydrogens is 331 g/mol. The number of allylic oxidation sites excluding steroid dienone is 1. The summed E-state index contributed by atoms with van der Waals surface area (Å²) >= 11 is 0. The quantitative estimate of drug-likeness (QED) is 0.197. The van der Waals surface area contributed by atoms with E-state index in [1.807, 2.05) is 0 Å². The Morgan fingerprint density at radius 1 is 0.958 bits per heavy atom. The zero-order valence-electron chi connectivity index (χ0n) is 12.2. The Morgan fingerprint density at radius 2 is 1.46 bits per heavy atom. The summed E-state index contributed by atoms with van der Waals surface area (Å²) in [7, 11) is 0. The van der Waals surface area contributed by atoms with E-state index in [0.29, 0.717) is 5.56 Å². The summed E-state index contributed by atoms with van der Waals surface area (Å²) in [5.41, 5.74) is 0.450. The van der Waals surface area contributed by atoms with Gasteiger partial charge in [0.2, 0.25) is 34.8 Å². The van der Waals surface area contributed by atoms with E-state index in [-0.39, 0.29) is 6.42 Å². The molecule has 2 nitrogen and oxygen atoms in total. The second-order valence-corrected chi connectivity index (χ2v) is 4.81. The van der Waals surface area contributed by atoms with Crippen LogP contribution in [0.25, 0.3) is 0 Å². The number of hydrogen-bond acceptors (Lipinski definition) is 2. The maximum atomic E-state index is 13.6. The first-order valence-corrected chi connectivity index (χ1v) is 6.77. The molecule has 0 heterocycles. The van der Waals surface area contributed by atoms with Gasteiger partial charge in [-0.3, -0.25) is 4.79 Å². The van der Waals surface area contributed by atoms with Gasteiger partial charge >= 0.3 is 5.97 Å². The summed E-state index contributed by atoms with van der Waals surface area (Å²) in [5.74, 6) is -14.9. The Morgan fingerprint density at radius 3 is 1.96 bits per heavy atom. The second kappa shape index (κ2) is 7.25. The molecule has 126 valence electrons. The number of halogens is 5. The van der Waals surface area contributed by atoms with Crippen molar-refractivity contribution in [2.45, 2.75) is 12.3 Å². The number of benzene rings is 2.